The normalized spacial score (nSPS) is 14.6. The predicted molar refractivity (Wildman–Crippen MR) is 121 cm³/mol. The van der Waals surface area contributed by atoms with Crippen LogP contribution in [0.25, 0.3) is 0 Å². The Morgan fingerprint density at radius 3 is 2.52 bits per heavy atom. The molecule has 1 atom stereocenters. The van der Waals surface area contributed by atoms with Crippen LogP contribution in [0.2, 0.25) is 5.02 Å². The molecule has 3 aromatic carbocycles. The number of ether oxygens (including phenoxy) is 1. The first-order valence-corrected chi connectivity index (χ1v) is 10.6. The van der Waals surface area contributed by atoms with Crippen LogP contribution in [0, 0.1) is 0 Å². The smallest absolute Gasteiger partial charge is 0.121 e. The van der Waals surface area contributed by atoms with Gasteiger partial charge in [-0.15, -0.1) is 0 Å². The van der Waals surface area contributed by atoms with Crippen molar-refractivity contribution in [1.82, 2.24) is 5.32 Å². The number of anilines is 1. The molecule has 150 valence electrons. The van der Waals surface area contributed by atoms with Gasteiger partial charge in [0.15, 0.2) is 0 Å². The van der Waals surface area contributed by atoms with Crippen LogP contribution >= 0.6 is 11.6 Å². The molecule has 3 aromatic rings. The van der Waals surface area contributed by atoms with Crippen molar-refractivity contribution in [3.8, 4) is 5.75 Å². The van der Waals surface area contributed by atoms with E-state index < -0.39 is 0 Å². The van der Waals surface area contributed by atoms with E-state index in [-0.39, 0.29) is 6.10 Å². The van der Waals surface area contributed by atoms with E-state index in [1.165, 1.54) is 22.3 Å². The van der Waals surface area contributed by atoms with Crippen LogP contribution in [0.4, 0.5) is 5.69 Å². The van der Waals surface area contributed by atoms with E-state index >= 15 is 0 Å². The number of nitrogens with one attached hydrogen (secondary N) is 2. The molecule has 3 nitrogen and oxygen atoms in total. The number of halogens is 1. The number of hydrogen-bond donors (Lipinski definition) is 2. The van der Waals surface area contributed by atoms with Crippen molar-refractivity contribution in [2.45, 2.75) is 32.4 Å². The van der Waals surface area contributed by atoms with E-state index in [0.29, 0.717) is 0 Å². The van der Waals surface area contributed by atoms with Crippen LogP contribution in [-0.2, 0) is 19.4 Å². The lowest BCUT2D eigenvalue weighted by molar-refractivity contribution is 0.227. The summed E-state index contributed by atoms with van der Waals surface area (Å²) < 4.78 is 6.08. The highest BCUT2D eigenvalue weighted by Crippen LogP contribution is 2.31. The van der Waals surface area contributed by atoms with Gasteiger partial charge in [-0.05, 0) is 73.3 Å². The average Bonchev–Trinajstić information content (AvgIpc) is 3.00. The number of rotatable bonds is 6. The lowest BCUT2D eigenvalue weighted by atomic mass is 10.0. The van der Waals surface area contributed by atoms with Crippen LogP contribution in [0.15, 0.2) is 66.7 Å². The molecular weight excluding hydrogens is 380 g/mol. The van der Waals surface area contributed by atoms with Gasteiger partial charge in [0.1, 0.15) is 11.9 Å². The summed E-state index contributed by atoms with van der Waals surface area (Å²) in [5.41, 5.74) is 6.18. The average molecular weight is 407 g/mol. The Kier molecular flexibility index (Phi) is 6.38. The van der Waals surface area contributed by atoms with Crippen molar-refractivity contribution < 1.29 is 4.74 Å². The molecule has 0 fully saturated rings. The highest BCUT2D eigenvalue weighted by Gasteiger charge is 2.14. The minimum Gasteiger partial charge on any atom is -0.486 e. The highest BCUT2D eigenvalue weighted by molar-refractivity contribution is 6.33. The summed E-state index contributed by atoms with van der Waals surface area (Å²) in [6, 6.07) is 22.7. The topological polar surface area (TPSA) is 33.3 Å². The Hall–Kier alpha value is -2.49. The molecule has 1 aliphatic rings. The summed E-state index contributed by atoms with van der Waals surface area (Å²) in [6.07, 6.45) is 2.07. The zero-order valence-corrected chi connectivity index (χ0v) is 17.5. The first-order chi connectivity index (χ1) is 14.2. The molecular formula is C25H27ClN2O. The second-order valence-corrected chi connectivity index (χ2v) is 7.89. The van der Waals surface area contributed by atoms with Gasteiger partial charge in [-0.25, -0.2) is 0 Å². The first kappa shape index (κ1) is 19.8. The Labute approximate surface area is 178 Å². The summed E-state index contributed by atoms with van der Waals surface area (Å²) in [5.74, 6) is 0.878. The molecule has 0 aliphatic carbocycles. The molecule has 0 aromatic heterocycles. The molecule has 1 aliphatic heterocycles. The van der Waals surface area contributed by atoms with Gasteiger partial charge in [0.05, 0.1) is 10.7 Å². The quantitative estimate of drug-likeness (QED) is 0.544. The SMILES string of the molecule is CC(Oc1ccc(CNc2c(Cl)ccc3c2CCNCC3)cc1)c1ccccc1. The van der Waals surface area contributed by atoms with E-state index in [2.05, 4.69) is 47.9 Å². The van der Waals surface area contributed by atoms with Crippen molar-refractivity contribution in [1.29, 1.82) is 0 Å². The molecule has 29 heavy (non-hydrogen) atoms. The summed E-state index contributed by atoms with van der Waals surface area (Å²) in [5, 5.41) is 7.83. The van der Waals surface area contributed by atoms with Crippen molar-refractivity contribution in [3.63, 3.8) is 0 Å². The van der Waals surface area contributed by atoms with Gasteiger partial charge in [0.2, 0.25) is 0 Å². The fraction of sp³-hybridized carbons (Fsp3) is 0.280. The predicted octanol–water partition coefficient (Wildman–Crippen LogP) is 5.78. The highest BCUT2D eigenvalue weighted by atomic mass is 35.5. The van der Waals surface area contributed by atoms with Crippen molar-refractivity contribution in [2.24, 2.45) is 0 Å². The van der Waals surface area contributed by atoms with E-state index in [1.54, 1.807) is 0 Å². The van der Waals surface area contributed by atoms with Crippen LogP contribution in [-0.4, -0.2) is 13.1 Å². The van der Waals surface area contributed by atoms with Crippen LogP contribution in [0.5, 0.6) is 5.75 Å². The van der Waals surface area contributed by atoms with Gasteiger partial charge >= 0.3 is 0 Å². The van der Waals surface area contributed by atoms with Crippen LogP contribution in [0.3, 0.4) is 0 Å². The third-order valence-corrected chi connectivity index (χ3v) is 5.77. The second-order valence-electron chi connectivity index (χ2n) is 7.48. The Bertz CT molecular complexity index is 941. The Morgan fingerprint density at radius 2 is 1.72 bits per heavy atom. The van der Waals surface area contributed by atoms with Gasteiger partial charge < -0.3 is 15.4 Å². The van der Waals surface area contributed by atoms with Crippen molar-refractivity contribution in [3.05, 3.63) is 94.0 Å². The second kappa shape index (κ2) is 9.34. The monoisotopic (exact) mass is 406 g/mol. The van der Waals surface area contributed by atoms with Gasteiger partial charge in [0.25, 0.3) is 0 Å². The molecule has 2 N–H and O–H groups in total. The molecule has 4 rings (SSSR count). The fourth-order valence-corrected chi connectivity index (χ4v) is 4.05. The van der Waals surface area contributed by atoms with E-state index in [1.807, 2.05) is 36.4 Å². The third-order valence-electron chi connectivity index (χ3n) is 5.46. The van der Waals surface area contributed by atoms with Crippen molar-refractivity contribution >= 4 is 17.3 Å². The Morgan fingerprint density at radius 1 is 0.966 bits per heavy atom. The van der Waals surface area contributed by atoms with E-state index in [4.69, 9.17) is 16.3 Å². The first-order valence-electron chi connectivity index (χ1n) is 10.3. The molecule has 0 saturated heterocycles. The number of fused-ring (bicyclic) bond motifs is 1. The zero-order chi connectivity index (χ0) is 20.1. The lowest BCUT2D eigenvalue weighted by Crippen LogP contribution is -2.16. The van der Waals surface area contributed by atoms with Gasteiger partial charge in [0, 0.05) is 6.54 Å². The minimum atomic E-state index is 0.0207. The molecule has 1 unspecified atom stereocenters. The fourth-order valence-electron chi connectivity index (χ4n) is 3.81. The standard InChI is InChI=1S/C25H27ClN2O/c1-18(20-5-3-2-4-6-20)29-22-10-7-19(8-11-22)17-28-25-23-14-16-27-15-13-21(23)9-12-24(25)26/h2-12,18,27-28H,13-17H2,1H3. The Balaban J connectivity index is 1.41. The number of hydrogen-bond acceptors (Lipinski definition) is 3. The largest absolute Gasteiger partial charge is 0.486 e. The summed E-state index contributed by atoms with van der Waals surface area (Å²) in [7, 11) is 0. The third kappa shape index (κ3) is 4.92. The van der Waals surface area contributed by atoms with Crippen LogP contribution in [0.1, 0.15) is 35.3 Å². The van der Waals surface area contributed by atoms with E-state index in [0.717, 1.165) is 48.9 Å². The van der Waals surface area contributed by atoms with Crippen LogP contribution < -0.4 is 15.4 Å². The molecule has 0 radical (unpaired) electrons. The molecule has 0 saturated carbocycles. The summed E-state index contributed by atoms with van der Waals surface area (Å²) >= 11 is 6.52. The minimum absolute atomic E-state index is 0.0207. The lowest BCUT2D eigenvalue weighted by Gasteiger charge is -2.17. The number of benzene rings is 3. The molecule has 1 heterocycles. The maximum atomic E-state index is 6.52. The molecule has 0 spiro atoms. The van der Waals surface area contributed by atoms with Gasteiger partial charge in [-0.2, -0.15) is 0 Å². The maximum absolute atomic E-state index is 6.52. The maximum Gasteiger partial charge on any atom is 0.121 e. The summed E-state index contributed by atoms with van der Waals surface area (Å²) in [6.45, 7) is 4.82. The van der Waals surface area contributed by atoms with Gasteiger partial charge in [-0.3, -0.25) is 0 Å². The molecule has 0 bridgehead atoms. The molecule has 0 amide bonds. The zero-order valence-electron chi connectivity index (χ0n) is 16.7. The van der Waals surface area contributed by atoms with Gasteiger partial charge in [-0.1, -0.05) is 60.1 Å². The molecule has 4 heteroatoms. The summed E-state index contributed by atoms with van der Waals surface area (Å²) in [4.78, 5) is 0. The van der Waals surface area contributed by atoms with E-state index in [9.17, 15) is 0 Å². The van der Waals surface area contributed by atoms with Crippen molar-refractivity contribution in [2.75, 3.05) is 18.4 Å².